The van der Waals surface area contributed by atoms with Gasteiger partial charge in [-0.05, 0) is 51.8 Å². The molecule has 0 bridgehead atoms. The summed E-state index contributed by atoms with van der Waals surface area (Å²) in [5.41, 5.74) is 13.7. The van der Waals surface area contributed by atoms with E-state index >= 15 is 0 Å². The van der Waals surface area contributed by atoms with Crippen LogP contribution >= 0.6 is 0 Å². The molecule has 1 aromatic carbocycles. The van der Waals surface area contributed by atoms with Crippen molar-refractivity contribution < 1.29 is 14.6 Å². The number of benzene rings is 1. The minimum atomic E-state index is -1.16. The number of carbonyl (C=O) groups excluding carboxylic acids is 1. The molecule has 200 valence electrons. The maximum Gasteiger partial charge on any atom is 0.253 e. The number of nitrogen functional groups attached to an aromatic ring is 2. The van der Waals surface area contributed by atoms with Crippen LogP contribution in [-0.4, -0.2) is 75.9 Å². The predicted octanol–water partition coefficient (Wildman–Crippen LogP) is 2.06. The van der Waals surface area contributed by atoms with Crippen LogP contribution in [0.3, 0.4) is 0 Å². The monoisotopic (exact) mass is 519 g/mol. The van der Waals surface area contributed by atoms with Crippen molar-refractivity contribution in [2.75, 3.05) is 31.2 Å². The Morgan fingerprint density at radius 3 is 2.71 bits per heavy atom. The Labute approximate surface area is 219 Å². The quantitative estimate of drug-likeness (QED) is 0.367. The number of aliphatic hydroxyl groups is 1. The molecule has 5 N–H and O–H groups in total. The molecule has 12 heteroatoms. The van der Waals surface area contributed by atoms with E-state index in [1.165, 1.54) is 0 Å². The third kappa shape index (κ3) is 3.86. The number of piperidine rings is 1. The fourth-order valence-electron chi connectivity index (χ4n) is 6.04. The first kappa shape index (κ1) is 24.6. The van der Waals surface area contributed by atoms with Gasteiger partial charge in [0.2, 0.25) is 5.95 Å². The van der Waals surface area contributed by atoms with Crippen LogP contribution in [0.1, 0.15) is 55.3 Å². The molecule has 6 rings (SSSR count). The number of nitrogens with zero attached hydrogens (tertiary/aromatic N) is 7. The standard InChI is InChI=1S/C26H33N9O3/c1-4-34-15(2)30-17-11-16(5-6-18(17)34)23(36)33-9-7-26(8-10-33)12-19(25(3,37)13-38-26)35-14-29-20-21(27)31-24(28)32-22(20)35/h5-6,11,14,19,37H,4,7-10,12-13H2,1-3H3,(H4,27,28,31,32)/t19-,25-/m0/s1. The molecule has 1 spiro atoms. The Kier molecular flexibility index (Phi) is 5.58. The number of carbonyl (C=O) groups is 1. The lowest BCUT2D eigenvalue weighted by molar-refractivity contribution is -0.198. The van der Waals surface area contributed by atoms with Gasteiger partial charge in [0.15, 0.2) is 11.5 Å². The first-order valence-corrected chi connectivity index (χ1v) is 13.0. The van der Waals surface area contributed by atoms with E-state index in [2.05, 4.69) is 31.4 Å². The minimum Gasteiger partial charge on any atom is -0.386 e. The summed E-state index contributed by atoms with van der Waals surface area (Å²) in [6, 6.07) is 5.38. The maximum atomic E-state index is 13.4. The van der Waals surface area contributed by atoms with Gasteiger partial charge in [-0.15, -0.1) is 0 Å². The Morgan fingerprint density at radius 1 is 1.21 bits per heavy atom. The van der Waals surface area contributed by atoms with E-state index < -0.39 is 11.2 Å². The van der Waals surface area contributed by atoms with E-state index in [-0.39, 0.29) is 30.3 Å². The van der Waals surface area contributed by atoms with Gasteiger partial charge in [-0.1, -0.05) is 0 Å². The zero-order valence-electron chi connectivity index (χ0n) is 21.9. The van der Waals surface area contributed by atoms with Crippen molar-refractivity contribution in [3.8, 4) is 0 Å². The number of aryl methyl sites for hydroxylation is 2. The summed E-state index contributed by atoms with van der Waals surface area (Å²) in [7, 11) is 0. The second-order valence-corrected chi connectivity index (χ2v) is 10.7. The fraction of sp³-hybridized carbons (Fsp3) is 0.500. The van der Waals surface area contributed by atoms with Gasteiger partial charge in [0.05, 0.1) is 35.6 Å². The lowest BCUT2D eigenvalue weighted by Crippen LogP contribution is -2.57. The zero-order valence-corrected chi connectivity index (χ0v) is 21.9. The minimum absolute atomic E-state index is 0.00642. The smallest absolute Gasteiger partial charge is 0.253 e. The van der Waals surface area contributed by atoms with Gasteiger partial charge in [-0.25, -0.2) is 9.97 Å². The van der Waals surface area contributed by atoms with Crippen molar-refractivity contribution in [1.29, 1.82) is 0 Å². The largest absolute Gasteiger partial charge is 0.386 e. The van der Waals surface area contributed by atoms with Crippen molar-refractivity contribution in [2.24, 2.45) is 0 Å². The summed E-state index contributed by atoms with van der Waals surface area (Å²) in [5.74, 6) is 1.19. The number of anilines is 2. The van der Waals surface area contributed by atoms with Crippen LogP contribution in [0.4, 0.5) is 11.8 Å². The molecular formula is C26H33N9O3. The molecule has 1 amide bonds. The van der Waals surface area contributed by atoms with E-state index in [1.807, 2.05) is 34.6 Å². The Balaban J connectivity index is 1.21. The van der Waals surface area contributed by atoms with Crippen LogP contribution in [0.5, 0.6) is 0 Å². The third-order valence-electron chi connectivity index (χ3n) is 8.22. The maximum absolute atomic E-state index is 13.4. The Morgan fingerprint density at radius 2 is 1.97 bits per heavy atom. The number of fused-ring (bicyclic) bond motifs is 2. The Hall–Kier alpha value is -3.77. The summed E-state index contributed by atoms with van der Waals surface area (Å²) in [4.78, 5) is 32.6. The van der Waals surface area contributed by atoms with Gasteiger partial charge in [0.1, 0.15) is 16.9 Å². The molecule has 2 aliphatic heterocycles. The molecule has 2 aliphatic rings. The molecule has 3 aromatic heterocycles. The van der Waals surface area contributed by atoms with Gasteiger partial charge in [0, 0.05) is 31.6 Å². The molecule has 0 radical (unpaired) electrons. The number of ether oxygens (including phenoxy) is 1. The number of aromatic nitrogens is 6. The van der Waals surface area contributed by atoms with E-state index in [0.717, 1.165) is 23.4 Å². The number of rotatable bonds is 3. The van der Waals surface area contributed by atoms with E-state index in [9.17, 15) is 9.90 Å². The summed E-state index contributed by atoms with van der Waals surface area (Å²) in [6.45, 7) is 7.91. The molecule has 0 aliphatic carbocycles. The second kappa shape index (κ2) is 8.63. The van der Waals surface area contributed by atoms with Gasteiger partial charge < -0.3 is 35.3 Å². The highest BCUT2D eigenvalue weighted by Crippen LogP contribution is 2.45. The second-order valence-electron chi connectivity index (χ2n) is 10.7. The highest BCUT2D eigenvalue weighted by atomic mass is 16.5. The SMILES string of the molecule is CCn1c(C)nc2cc(C(=O)N3CCC4(CC3)C[C@H](n3cnc5c(N)nc(N)nc53)[C@@](C)(O)CO4)ccc21. The van der Waals surface area contributed by atoms with Crippen LogP contribution < -0.4 is 11.5 Å². The zero-order chi connectivity index (χ0) is 26.8. The molecular weight excluding hydrogens is 486 g/mol. The predicted molar refractivity (Wildman–Crippen MR) is 142 cm³/mol. The lowest BCUT2D eigenvalue weighted by atomic mass is 9.77. The van der Waals surface area contributed by atoms with Crippen molar-refractivity contribution in [3.63, 3.8) is 0 Å². The van der Waals surface area contributed by atoms with Crippen LogP contribution in [0.25, 0.3) is 22.2 Å². The topological polar surface area (TPSA) is 163 Å². The summed E-state index contributed by atoms with van der Waals surface area (Å²) >= 11 is 0. The lowest BCUT2D eigenvalue weighted by Gasteiger charge is -2.51. The van der Waals surface area contributed by atoms with E-state index in [4.69, 9.17) is 16.2 Å². The highest BCUT2D eigenvalue weighted by Gasteiger charge is 2.50. The van der Waals surface area contributed by atoms with Crippen LogP contribution in [0.15, 0.2) is 24.5 Å². The average molecular weight is 520 g/mol. The molecule has 2 fully saturated rings. The number of imidazole rings is 2. The van der Waals surface area contributed by atoms with E-state index in [0.29, 0.717) is 49.1 Å². The molecule has 0 unspecified atom stereocenters. The normalized spacial score (nSPS) is 23.5. The highest BCUT2D eigenvalue weighted by molar-refractivity contribution is 5.97. The van der Waals surface area contributed by atoms with Crippen molar-refractivity contribution in [3.05, 3.63) is 35.9 Å². The third-order valence-corrected chi connectivity index (χ3v) is 8.22. The van der Waals surface area contributed by atoms with Crippen molar-refractivity contribution >= 4 is 39.9 Å². The number of nitrogens with two attached hydrogens (primary N) is 2. The van der Waals surface area contributed by atoms with Crippen LogP contribution in [0.2, 0.25) is 0 Å². The average Bonchev–Trinajstić information content (AvgIpc) is 3.45. The van der Waals surface area contributed by atoms with Crippen molar-refractivity contribution in [1.82, 2.24) is 34.0 Å². The molecule has 0 saturated carbocycles. The molecule has 5 heterocycles. The fourth-order valence-corrected chi connectivity index (χ4v) is 6.04. The number of likely N-dealkylation sites (tertiary alicyclic amines) is 1. The van der Waals surface area contributed by atoms with Crippen LogP contribution in [0, 0.1) is 6.92 Å². The summed E-state index contributed by atoms with van der Waals surface area (Å²) < 4.78 is 10.3. The molecule has 4 aromatic rings. The summed E-state index contributed by atoms with van der Waals surface area (Å²) in [5, 5.41) is 11.3. The Bertz CT molecular complexity index is 1550. The van der Waals surface area contributed by atoms with E-state index in [1.54, 1.807) is 13.3 Å². The van der Waals surface area contributed by atoms with Gasteiger partial charge >= 0.3 is 0 Å². The van der Waals surface area contributed by atoms with Gasteiger partial charge in [-0.3, -0.25) is 4.79 Å². The first-order valence-electron chi connectivity index (χ1n) is 13.0. The summed E-state index contributed by atoms with van der Waals surface area (Å²) in [6.07, 6.45) is 3.48. The number of hydrogen-bond donors (Lipinski definition) is 3. The van der Waals surface area contributed by atoms with Crippen molar-refractivity contribution in [2.45, 2.75) is 63.8 Å². The van der Waals surface area contributed by atoms with Gasteiger partial charge in [0.25, 0.3) is 5.91 Å². The molecule has 38 heavy (non-hydrogen) atoms. The number of amides is 1. The first-order chi connectivity index (χ1) is 18.1. The van der Waals surface area contributed by atoms with Crippen LogP contribution in [-0.2, 0) is 11.3 Å². The molecule has 2 atom stereocenters. The van der Waals surface area contributed by atoms with Gasteiger partial charge in [-0.2, -0.15) is 9.97 Å². The molecule has 2 saturated heterocycles. The number of hydrogen-bond acceptors (Lipinski definition) is 9. The molecule has 12 nitrogen and oxygen atoms in total.